The van der Waals surface area contributed by atoms with Crippen LogP contribution in [0.4, 0.5) is 23.2 Å². The first kappa shape index (κ1) is 18.9. The highest BCUT2D eigenvalue weighted by molar-refractivity contribution is 6.31. The maximum Gasteiger partial charge on any atom is 0.471 e. The number of ether oxygens (including phenoxy) is 1. The van der Waals surface area contributed by atoms with Crippen molar-refractivity contribution in [3.05, 3.63) is 52.8 Å². The van der Waals surface area contributed by atoms with Crippen LogP contribution in [0.1, 0.15) is 24.4 Å². The summed E-state index contributed by atoms with van der Waals surface area (Å²) in [6, 6.07) is 7.49. The molecule has 2 unspecified atom stereocenters. The molecule has 2 aliphatic heterocycles. The Morgan fingerprint density at radius 1 is 1.25 bits per heavy atom. The van der Waals surface area contributed by atoms with Crippen LogP contribution in [-0.2, 0) is 4.79 Å². The first-order chi connectivity index (χ1) is 13.3. The molecule has 2 aromatic carbocycles. The Bertz CT molecular complexity index is 935. The second-order valence-corrected chi connectivity index (χ2v) is 7.17. The molecule has 1 amide bonds. The van der Waals surface area contributed by atoms with Crippen LogP contribution >= 0.6 is 11.6 Å². The van der Waals surface area contributed by atoms with Crippen molar-refractivity contribution in [2.45, 2.75) is 31.1 Å². The molecule has 4 rings (SSSR count). The minimum absolute atomic E-state index is 0.0632. The quantitative estimate of drug-likeness (QED) is 0.670. The number of carbonyl (C=O) groups excluding carboxylic acids is 1. The third kappa shape index (κ3) is 3.26. The van der Waals surface area contributed by atoms with Gasteiger partial charge in [-0.25, -0.2) is 4.39 Å². The number of fused-ring (bicyclic) bond motifs is 5. The van der Waals surface area contributed by atoms with Crippen molar-refractivity contribution in [2.75, 3.05) is 11.4 Å². The third-order valence-electron chi connectivity index (χ3n) is 4.96. The van der Waals surface area contributed by atoms with Gasteiger partial charge in [0.2, 0.25) is 0 Å². The lowest BCUT2D eigenvalue weighted by atomic mass is 9.89. The lowest BCUT2D eigenvalue weighted by molar-refractivity contribution is -0.174. The number of nitrogens with zero attached hydrogens (tertiary/aromatic N) is 1. The van der Waals surface area contributed by atoms with Crippen molar-refractivity contribution in [3.8, 4) is 11.5 Å². The molecule has 0 aromatic heterocycles. The third-order valence-corrected chi connectivity index (χ3v) is 5.20. The van der Waals surface area contributed by atoms with Crippen LogP contribution < -0.4 is 15.0 Å². The van der Waals surface area contributed by atoms with Crippen LogP contribution in [-0.4, -0.2) is 24.7 Å². The lowest BCUT2D eigenvalue weighted by Gasteiger charge is -2.42. The zero-order valence-corrected chi connectivity index (χ0v) is 15.1. The molecule has 0 radical (unpaired) electrons. The smallest absolute Gasteiger partial charge is 0.452 e. The first-order valence-corrected chi connectivity index (χ1v) is 9.03. The summed E-state index contributed by atoms with van der Waals surface area (Å²) in [6.45, 7) is 0.496. The molecule has 1 N–H and O–H groups in total. The summed E-state index contributed by atoms with van der Waals surface area (Å²) in [5, 5.41) is 2.49. The predicted octanol–water partition coefficient (Wildman–Crippen LogP) is 4.97. The molecule has 9 heteroatoms. The Morgan fingerprint density at radius 2 is 2.04 bits per heavy atom. The number of rotatable bonds is 1. The van der Waals surface area contributed by atoms with Crippen molar-refractivity contribution in [1.82, 2.24) is 5.32 Å². The van der Waals surface area contributed by atoms with E-state index in [0.717, 1.165) is 0 Å². The fraction of sp³-hybridized carbons (Fsp3) is 0.316. The van der Waals surface area contributed by atoms with Crippen LogP contribution in [0.25, 0.3) is 0 Å². The number of nitrogens with one attached hydrogen (secondary N) is 1. The van der Waals surface area contributed by atoms with Crippen molar-refractivity contribution in [1.29, 1.82) is 0 Å². The molecule has 0 saturated carbocycles. The molecule has 28 heavy (non-hydrogen) atoms. The standard InChI is InChI=1S/C19H15ClF4N2O2/c20-10-6-7-15-14(9-10)26-8-2-5-13(25-18(27)19(22,23)24)16(26)11-3-1-4-12(21)17(11)28-15/h1,3-4,6-7,9,13,16H,2,5,8H2,(H,25,27). The largest absolute Gasteiger partial charge is 0.471 e. The van der Waals surface area contributed by atoms with Gasteiger partial charge in [-0.3, -0.25) is 4.79 Å². The molecular formula is C19H15ClF4N2O2. The Morgan fingerprint density at radius 3 is 2.79 bits per heavy atom. The van der Waals surface area contributed by atoms with Gasteiger partial charge >= 0.3 is 12.1 Å². The molecule has 4 nitrogen and oxygen atoms in total. The topological polar surface area (TPSA) is 41.6 Å². The number of hydrogen-bond donors (Lipinski definition) is 1. The van der Waals surface area contributed by atoms with Gasteiger partial charge < -0.3 is 15.0 Å². The number of benzene rings is 2. The van der Waals surface area contributed by atoms with Crippen molar-refractivity contribution in [3.63, 3.8) is 0 Å². The predicted molar refractivity (Wildman–Crippen MR) is 95.2 cm³/mol. The van der Waals surface area contributed by atoms with E-state index in [0.29, 0.717) is 41.4 Å². The van der Waals surface area contributed by atoms with E-state index in [1.807, 2.05) is 4.90 Å². The van der Waals surface area contributed by atoms with E-state index in [2.05, 4.69) is 5.32 Å². The SMILES string of the molecule is O=C(NC1CCCN2c3cc(Cl)ccc3Oc3c(F)cccc3C12)C(F)(F)F. The molecule has 0 bridgehead atoms. The molecular weight excluding hydrogens is 400 g/mol. The van der Waals surface area contributed by atoms with Gasteiger partial charge in [0.15, 0.2) is 17.3 Å². The number of carbonyl (C=O) groups is 1. The van der Waals surface area contributed by atoms with Gasteiger partial charge in [-0.2, -0.15) is 13.2 Å². The molecule has 1 fully saturated rings. The Kier molecular flexibility index (Phi) is 4.61. The van der Waals surface area contributed by atoms with Crippen LogP contribution in [0.5, 0.6) is 11.5 Å². The van der Waals surface area contributed by atoms with Crippen LogP contribution in [0, 0.1) is 5.82 Å². The van der Waals surface area contributed by atoms with Gasteiger partial charge in [0.25, 0.3) is 0 Å². The van der Waals surface area contributed by atoms with E-state index >= 15 is 0 Å². The number of alkyl halides is 3. The van der Waals surface area contributed by atoms with Crippen LogP contribution in [0.2, 0.25) is 5.02 Å². The minimum Gasteiger partial charge on any atom is -0.452 e. The summed E-state index contributed by atoms with van der Waals surface area (Å²) in [7, 11) is 0. The summed E-state index contributed by atoms with van der Waals surface area (Å²) >= 11 is 6.11. The normalized spacial score (nSPS) is 21.0. The van der Waals surface area contributed by atoms with E-state index in [9.17, 15) is 22.4 Å². The van der Waals surface area contributed by atoms with Crippen molar-refractivity contribution in [2.24, 2.45) is 0 Å². The molecule has 1 saturated heterocycles. The lowest BCUT2D eigenvalue weighted by Crippen LogP contribution is -2.52. The highest BCUT2D eigenvalue weighted by atomic mass is 35.5. The molecule has 2 aromatic rings. The average Bonchev–Trinajstić information content (AvgIpc) is 2.77. The number of piperidine rings is 1. The zero-order chi connectivity index (χ0) is 20.1. The minimum atomic E-state index is -5.00. The van der Waals surface area contributed by atoms with E-state index in [1.165, 1.54) is 12.1 Å². The second kappa shape index (κ2) is 6.84. The van der Waals surface area contributed by atoms with E-state index in [4.69, 9.17) is 16.3 Å². The Hall–Kier alpha value is -2.48. The Labute approximate surface area is 163 Å². The summed E-state index contributed by atoms with van der Waals surface area (Å²) in [4.78, 5) is 13.4. The van der Waals surface area contributed by atoms with E-state index < -0.39 is 30.0 Å². The molecule has 148 valence electrons. The van der Waals surface area contributed by atoms with Gasteiger partial charge in [-0.15, -0.1) is 0 Å². The van der Waals surface area contributed by atoms with E-state index in [1.54, 1.807) is 24.3 Å². The maximum absolute atomic E-state index is 14.5. The first-order valence-electron chi connectivity index (χ1n) is 8.66. The molecule has 2 heterocycles. The fourth-order valence-electron chi connectivity index (χ4n) is 3.83. The zero-order valence-electron chi connectivity index (χ0n) is 14.4. The molecule has 0 spiro atoms. The van der Waals surface area contributed by atoms with Gasteiger partial charge in [-0.1, -0.05) is 23.7 Å². The van der Waals surface area contributed by atoms with Crippen LogP contribution in [0.15, 0.2) is 36.4 Å². The summed E-state index contributed by atoms with van der Waals surface area (Å²) in [5.74, 6) is -2.37. The summed E-state index contributed by atoms with van der Waals surface area (Å²) < 4.78 is 58.8. The van der Waals surface area contributed by atoms with Crippen molar-refractivity contribution >= 4 is 23.2 Å². The van der Waals surface area contributed by atoms with Gasteiger partial charge in [-0.05, 0) is 37.1 Å². The highest BCUT2D eigenvalue weighted by Gasteiger charge is 2.44. The summed E-state index contributed by atoms with van der Waals surface area (Å²) in [5.41, 5.74) is 0.915. The number of halogens is 5. The Balaban J connectivity index is 1.85. The van der Waals surface area contributed by atoms with Gasteiger partial charge in [0, 0.05) is 17.1 Å². The number of para-hydroxylation sites is 1. The summed E-state index contributed by atoms with van der Waals surface area (Å²) in [6.07, 6.45) is -4.15. The number of amides is 1. The maximum atomic E-state index is 14.5. The van der Waals surface area contributed by atoms with Crippen molar-refractivity contribution < 1.29 is 27.1 Å². The highest BCUT2D eigenvalue weighted by Crippen LogP contribution is 2.49. The second-order valence-electron chi connectivity index (χ2n) is 6.73. The number of hydrogen-bond acceptors (Lipinski definition) is 3. The molecule has 0 aliphatic carbocycles. The van der Waals surface area contributed by atoms with E-state index in [-0.39, 0.29) is 5.75 Å². The average molecular weight is 415 g/mol. The molecule has 2 aliphatic rings. The molecule has 2 atom stereocenters. The van der Waals surface area contributed by atoms with Crippen LogP contribution in [0.3, 0.4) is 0 Å². The number of anilines is 1. The van der Waals surface area contributed by atoms with Gasteiger partial charge in [0.1, 0.15) is 0 Å². The fourth-order valence-corrected chi connectivity index (χ4v) is 4.00. The van der Waals surface area contributed by atoms with Gasteiger partial charge in [0.05, 0.1) is 17.8 Å². The monoisotopic (exact) mass is 414 g/mol.